The zero-order valence-corrected chi connectivity index (χ0v) is 14.2. The lowest BCUT2D eigenvalue weighted by Crippen LogP contribution is -2.26. The lowest BCUT2D eigenvalue weighted by atomic mass is 9.84. The van der Waals surface area contributed by atoms with Crippen LogP contribution >= 0.6 is 22.9 Å². The molecule has 2 aliphatic carbocycles. The van der Waals surface area contributed by atoms with Crippen LogP contribution < -0.4 is 5.32 Å². The van der Waals surface area contributed by atoms with Crippen molar-refractivity contribution in [2.45, 2.75) is 58.4 Å². The molecule has 2 fully saturated rings. The van der Waals surface area contributed by atoms with Crippen molar-refractivity contribution in [2.75, 3.05) is 6.54 Å². The van der Waals surface area contributed by atoms with E-state index < -0.39 is 0 Å². The minimum absolute atomic E-state index is 0.477. The molecule has 0 radical (unpaired) electrons. The fourth-order valence-electron chi connectivity index (χ4n) is 4.25. The Kier molecular flexibility index (Phi) is 4.74. The second-order valence-electron chi connectivity index (χ2n) is 6.77. The van der Waals surface area contributed by atoms with Crippen molar-refractivity contribution in [1.29, 1.82) is 0 Å². The molecule has 2 aliphatic rings. The fourth-order valence-corrected chi connectivity index (χ4v) is 5.67. The summed E-state index contributed by atoms with van der Waals surface area (Å²) in [4.78, 5) is 1.38. The Labute approximate surface area is 132 Å². The van der Waals surface area contributed by atoms with Crippen molar-refractivity contribution in [3.05, 3.63) is 20.8 Å². The summed E-state index contributed by atoms with van der Waals surface area (Å²) in [7, 11) is 0. The maximum Gasteiger partial charge on any atom is 0.0590 e. The van der Waals surface area contributed by atoms with Crippen LogP contribution in [0.5, 0.6) is 0 Å². The zero-order chi connectivity index (χ0) is 14.1. The van der Waals surface area contributed by atoms with Crippen LogP contribution in [0.2, 0.25) is 5.02 Å². The largest absolute Gasteiger partial charge is 0.309 e. The van der Waals surface area contributed by atoms with Gasteiger partial charge in [0.05, 0.1) is 5.02 Å². The van der Waals surface area contributed by atoms with Crippen LogP contribution in [-0.4, -0.2) is 6.54 Å². The molecule has 2 saturated carbocycles. The topological polar surface area (TPSA) is 12.0 Å². The van der Waals surface area contributed by atoms with E-state index in [-0.39, 0.29) is 0 Å². The summed E-state index contributed by atoms with van der Waals surface area (Å²) in [6.07, 6.45) is 8.43. The van der Waals surface area contributed by atoms with Gasteiger partial charge in [-0.25, -0.2) is 0 Å². The highest BCUT2D eigenvalue weighted by Gasteiger charge is 2.40. The zero-order valence-electron chi connectivity index (χ0n) is 12.6. The Hall–Kier alpha value is -0.0500. The summed E-state index contributed by atoms with van der Waals surface area (Å²) in [6.45, 7) is 5.46. The summed E-state index contributed by atoms with van der Waals surface area (Å²) in [6, 6.07) is 0.477. The van der Waals surface area contributed by atoms with Crippen molar-refractivity contribution in [3.63, 3.8) is 0 Å². The third-order valence-corrected chi connectivity index (χ3v) is 7.13. The van der Waals surface area contributed by atoms with E-state index in [1.54, 1.807) is 0 Å². The molecule has 1 N–H and O–H groups in total. The number of hydrogen-bond donors (Lipinski definition) is 1. The average molecular weight is 312 g/mol. The van der Waals surface area contributed by atoms with Crippen LogP contribution in [0.4, 0.5) is 0 Å². The second kappa shape index (κ2) is 6.37. The van der Waals surface area contributed by atoms with Gasteiger partial charge in [0, 0.05) is 10.9 Å². The Morgan fingerprint density at radius 3 is 2.80 bits per heavy atom. The number of rotatable bonds is 6. The van der Waals surface area contributed by atoms with Gasteiger partial charge in [-0.1, -0.05) is 24.9 Å². The van der Waals surface area contributed by atoms with E-state index in [2.05, 4.69) is 24.5 Å². The smallest absolute Gasteiger partial charge is 0.0590 e. The third kappa shape index (κ3) is 2.93. The van der Waals surface area contributed by atoms with E-state index >= 15 is 0 Å². The molecule has 1 heterocycles. The molecule has 0 amide bonds. The Morgan fingerprint density at radius 2 is 2.25 bits per heavy atom. The quantitative estimate of drug-likeness (QED) is 0.723. The van der Waals surface area contributed by atoms with E-state index in [1.165, 1.54) is 49.0 Å². The molecule has 1 aromatic rings. The van der Waals surface area contributed by atoms with Gasteiger partial charge in [0.1, 0.15) is 0 Å². The van der Waals surface area contributed by atoms with E-state index in [0.29, 0.717) is 6.04 Å². The van der Waals surface area contributed by atoms with Crippen molar-refractivity contribution in [2.24, 2.45) is 17.8 Å². The van der Waals surface area contributed by atoms with Gasteiger partial charge in [-0.2, -0.15) is 0 Å². The van der Waals surface area contributed by atoms with Crippen molar-refractivity contribution in [3.8, 4) is 0 Å². The molecule has 4 atom stereocenters. The van der Waals surface area contributed by atoms with Crippen LogP contribution in [0.25, 0.3) is 0 Å². The molecule has 0 aromatic carbocycles. The first-order valence-electron chi connectivity index (χ1n) is 8.15. The number of aryl methyl sites for hydroxylation is 1. The molecule has 1 aromatic heterocycles. The molecule has 112 valence electrons. The minimum Gasteiger partial charge on any atom is -0.309 e. The molecule has 3 rings (SSSR count). The first kappa shape index (κ1) is 14.9. The molecule has 4 unspecified atom stereocenters. The summed E-state index contributed by atoms with van der Waals surface area (Å²) < 4.78 is 0. The monoisotopic (exact) mass is 311 g/mol. The summed E-state index contributed by atoms with van der Waals surface area (Å²) in [5, 5.41) is 6.97. The summed E-state index contributed by atoms with van der Waals surface area (Å²) >= 11 is 8.36. The standard InChI is InChI=1S/C17H26ClNS/c1-3-6-19-15(17-16(18)11(2)10-20-17)9-14-8-12-4-5-13(14)7-12/h10,12-15,19H,3-9H2,1-2H3. The summed E-state index contributed by atoms with van der Waals surface area (Å²) in [5.41, 5.74) is 1.24. The Balaban J connectivity index is 1.71. The molecule has 2 bridgehead atoms. The predicted molar refractivity (Wildman–Crippen MR) is 88.7 cm³/mol. The first-order valence-corrected chi connectivity index (χ1v) is 9.41. The van der Waals surface area contributed by atoms with Gasteiger partial charge in [0.2, 0.25) is 0 Å². The molecule has 0 saturated heterocycles. The van der Waals surface area contributed by atoms with Gasteiger partial charge >= 0.3 is 0 Å². The van der Waals surface area contributed by atoms with E-state index in [9.17, 15) is 0 Å². The predicted octanol–water partition coefficient (Wildman–Crippen LogP) is 5.58. The van der Waals surface area contributed by atoms with Gasteiger partial charge in [-0.05, 0) is 74.3 Å². The van der Waals surface area contributed by atoms with Crippen molar-refractivity contribution in [1.82, 2.24) is 5.32 Å². The normalized spacial score (nSPS) is 30.1. The van der Waals surface area contributed by atoms with Crippen LogP contribution in [-0.2, 0) is 0 Å². The SMILES string of the molecule is CCCNC(CC1CC2CCC1C2)c1scc(C)c1Cl. The second-order valence-corrected chi connectivity index (χ2v) is 8.06. The molecule has 0 spiro atoms. The molecule has 0 aliphatic heterocycles. The van der Waals surface area contributed by atoms with Crippen molar-refractivity contribution < 1.29 is 0 Å². The third-order valence-electron chi connectivity index (χ3n) is 5.31. The van der Waals surface area contributed by atoms with Crippen LogP contribution in [0.1, 0.15) is 61.9 Å². The van der Waals surface area contributed by atoms with E-state index in [0.717, 1.165) is 29.3 Å². The van der Waals surface area contributed by atoms with Gasteiger partial charge in [0.25, 0.3) is 0 Å². The molecule has 20 heavy (non-hydrogen) atoms. The van der Waals surface area contributed by atoms with Crippen molar-refractivity contribution >= 4 is 22.9 Å². The van der Waals surface area contributed by atoms with Gasteiger partial charge in [-0.15, -0.1) is 11.3 Å². The van der Waals surface area contributed by atoms with Gasteiger partial charge in [-0.3, -0.25) is 0 Å². The van der Waals surface area contributed by atoms with Crippen LogP contribution in [0.3, 0.4) is 0 Å². The maximum atomic E-state index is 6.52. The Bertz CT molecular complexity index is 456. The highest BCUT2D eigenvalue weighted by atomic mass is 35.5. The maximum absolute atomic E-state index is 6.52. The highest BCUT2D eigenvalue weighted by molar-refractivity contribution is 7.10. The minimum atomic E-state index is 0.477. The average Bonchev–Trinajstić information content (AvgIpc) is 3.13. The van der Waals surface area contributed by atoms with Gasteiger partial charge < -0.3 is 5.32 Å². The van der Waals surface area contributed by atoms with E-state index in [1.807, 2.05) is 11.3 Å². The van der Waals surface area contributed by atoms with Crippen LogP contribution in [0.15, 0.2) is 5.38 Å². The van der Waals surface area contributed by atoms with Gasteiger partial charge in [0.15, 0.2) is 0 Å². The number of halogens is 1. The molecular weight excluding hydrogens is 286 g/mol. The fraction of sp³-hybridized carbons (Fsp3) is 0.765. The molecule has 1 nitrogen and oxygen atoms in total. The van der Waals surface area contributed by atoms with Crippen LogP contribution in [0, 0.1) is 24.7 Å². The Morgan fingerprint density at radius 1 is 1.40 bits per heavy atom. The number of fused-ring (bicyclic) bond motifs is 2. The number of hydrogen-bond acceptors (Lipinski definition) is 2. The summed E-state index contributed by atoms with van der Waals surface area (Å²) in [5.74, 6) is 2.98. The van der Waals surface area contributed by atoms with E-state index in [4.69, 9.17) is 11.6 Å². The molecular formula is C17H26ClNS. The number of thiophene rings is 1. The first-order chi connectivity index (χ1) is 9.69. The lowest BCUT2D eigenvalue weighted by Gasteiger charge is -2.27. The molecule has 3 heteroatoms. The number of nitrogens with one attached hydrogen (secondary N) is 1. The highest BCUT2D eigenvalue weighted by Crippen LogP contribution is 2.51. The lowest BCUT2D eigenvalue weighted by molar-refractivity contribution is 0.280.